The van der Waals surface area contributed by atoms with Crippen LogP contribution in [0.1, 0.15) is 44.7 Å². The monoisotopic (exact) mass is 266 g/mol. The number of aromatic nitrogens is 1. The number of carbonyl (C=O) groups is 1. The van der Waals surface area contributed by atoms with Crippen LogP contribution in [0.25, 0.3) is 0 Å². The second-order valence-corrected chi connectivity index (χ2v) is 11.8. The van der Waals surface area contributed by atoms with Crippen LogP contribution >= 0.6 is 0 Å². The third-order valence-electron chi connectivity index (χ3n) is 4.36. The molecule has 1 fully saturated rings. The molecule has 1 aliphatic rings. The lowest BCUT2D eigenvalue weighted by Gasteiger charge is -2.54. The summed E-state index contributed by atoms with van der Waals surface area (Å²) in [6, 6.07) is 2.04. The lowest BCUT2D eigenvalue weighted by molar-refractivity contribution is -0.140. The molecule has 1 aliphatic heterocycles. The average molecular weight is 266 g/mol. The Balaban J connectivity index is 2.29. The van der Waals surface area contributed by atoms with Crippen LogP contribution in [-0.4, -0.2) is 23.9 Å². The second-order valence-electron chi connectivity index (χ2n) is 6.66. The minimum atomic E-state index is -1.83. The van der Waals surface area contributed by atoms with Crippen molar-refractivity contribution in [3.8, 4) is 0 Å². The zero-order valence-corrected chi connectivity index (χ0v) is 13.1. The topological polar surface area (TPSA) is 46.3 Å². The lowest BCUT2D eigenvalue weighted by atomic mass is 10.0. The SMILES string of the molecule is Cc1cc(C2CC(=O)N2[Si](C)(C)C(C)(C)C)on1. The van der Waals surface area contributed by atoms with Gasteiger partial charge in [0.2, 0.25) is 5.91 Å². The predicted molar refractivity (Wildman–Crippen MR) is 72.6 cm³/mol. The van der Waals surface area contributed by atoms with Crippen molar-refractivity contribution >= 4 is 14.1 Å². The molecule has 2 heterocycles. The fourth-order valence-electron chi connectivity index (χ4n) is 2.25. The predicted octanol–water partition coefficient (Wildman–Crippen LogP) is 3.26. The van der Waals surface area contributed by atoms with E-state index in [9.17, 15) is 4.79 Å². The van der Waals surface area contributed by atoms with Crippen molar-refractivity contribution in [3.05, 3.63) is 17.5 Å². The van der Waals surface area contributed by atoms with Gasteiger partial charge in [0, 0.05) is 6.07 Å². The van der Waals surface area contributed by atoms with E-state index in [1.807, 2.05) is 13.0 Å². The van der Waals surface area contributed by atoms with Crippen LogP contribution in [-0.2, 0) is 4.79 Å². The highest BCUT2D eigenvalue weighted by Gasteiger charge is 2.53. The van der Waals surface area contributed by atoms with Gasteiger partial charge in [0.15, 0.2) is 14.0 Å². The Hall–Kier alpha value is -1.10. The van der Waals surface area contributed by atoms with Gasteiger partial charge in [-0.1, -0.05) is 39.0 Å². The maximum atomic E-state index is 12.0. The quantitative estimate of drug-likeness (QED) is 0.609. The van der Waals surface area contributed by atoms with Gasteiger partial charge in [0.25, 0.3) is 0 Å². The molecule has 5 heteroatoms. The van der Waals surface area contributed by atoms with Crippen LogP contribution < -0.4 is 0 Å². The Kier molecular flexibility index (Phi) is 2.92. The lowest BCUT2D eigenvalue weighted by Crippen LogP contribution is -2.64. The fourth-order valence-corrected chi connectivity index (χ4v) is 4.68. The summed E-state index contributed by atoms with van der Waals surface area (Å²) < 4.78 is 7.41. The van der Waals surface area contributed by atoms with E-state index in [0.717, 1.165) is 11.5 Å². The van der Waals surface area contributed by atoms with Gasteiger partial charge in [-0.2, -0.15) is 0 Å². The van der Waals surface area contributed by atoms with E-state index in [-0.39, 0.29) is 17.0 Å². The van der Waals surface area contributed by atoms with Crippen LogP contribution in [0.3, 0.4) is 0 Å². The molecule has 4 nitrogen and oxygen atoms in total. The Bertz CT molecular complexity index is 474. The van der Waals surface area contributed by atoms with Gasteiger partial charge in [-0.25, -0.2) is 0 Å². The minimum absolute atomic E-state index is 0.0968. The average Bonchev–Trinajstić information content (AvgIpc) is 2.58. The summed E-state index contributed by atoms with van der Waals surface area (Å²) in [4.78, 5) is 12.0. The van der Waals surface area contributed by atoms with E-state index in [2.05, 4.69) is 43.6 Å². The highest BCUT2D eigenvalue weighted by molar-refractivity contribution is 6.79. The second kappa shape index (κ2) is 3.95. The summed E-state index contributed by atoms with van der Waals surface area (Å²) in [6.45, 7) is 13.1. The van der Waals surface area contributed by atoms with Crippen LogP contribution in [0.2, 0.25) is 18.1 Å². The van der Waals surface area contributed by atoms with Gasteiger partial charge in [-0.05, 0) is 12.0 Å². The summed E-state index contributed by atoms with van der Waals surface area (Å²) in [5.41, 5.74) is 0.875. The number of amides is 1. The molecule has 0 saturated carbocycles. The molecule has 1 aromatic rings. The van der Waals surface area contributed by atoms with Gasteiger partial charge < -0.3 is 9.09 Å². The molecular formula is C13H22N2O2Si. The maximum absolute atomic E-state index is 12.0. The molecule has 1 amide bonds. The highest BCUT2D eigenvalue weighted by Crippen LogP contribution is 2.47. The standard InChI is InChI=1S/C13H22N2O2Si/c1-9-7-11(17-14-9)10-8-12(16)15(10)18(5,6)13(2,3)4/h7,10H,8H2,1-6H3. The third kappa shape index (κ3) is 1.90. The normalized spacial score (nSPS) is 21.1. The molecule has 0 radical (unpaired) electrons. The van der Waals surface area contributed by atoms with Crippen molar-refractivity contribution in [2.24, 2.45) is 0 Å². The first-order chi connectivity index (χ1) is 8.14. The Morgan fingerprint density at radius 2 is 2.06 bits per heavy atom. The fraction of sp³-hybridized carbons (Fsp3) is 0.692. The maximum Gasteiger partial charge on any atom is 0.217 e. The van der Waals surface area contributed by atoms with Gasteiger partial charge in [0.1, 0.15) is 0 Å². The number of nitrogens with zero attached hydrogens (tertiary/aromatic N) is 2. The molecular weight excluding hydrogens is 244 g/mol. The van der Waals surface area contributed by atoms with E-state index >= 15 is 0 Å². The molecule has 100 valence electrons. The molecule has 0 aliphatic carbocycles. The first-order valence-electron chi connectivity index (χ1n) is 6.40. The van der Waals surface area contributed by atoms with Crippen molar-refractivity contribution in [1.29, 1.82) is 0 Å². The number of hydrogen-bond acceptors (Lipinski definition) is 3. The summed E-state index contributed by atoms with van der Waals surface area (Å²) in [6.07, 6.45) is 0.557. The van der Waals surface area contributed by atoms with Crippen LogP contribution in [0, 0.1) is 6.92 Å². The Morgan fingerprint density at radius 1 is 1.44 bits per heavy atom. The molecule has 18 heavy (non-hydrogen) atoms. The van der Waals surface area contributed by atoms with E-state index in [1.54, 1.807) is 0 Å². The minimum Gasteiger partial charge on any atom is -0.359 e. The summed E-state index contributed by atoms with van der Waals surface area (Å²) in [7, 11) is -1.83. The molecule has 1 saturated heterocycles. The van der Waals surface area contributed by atoms with Gasteiger partial charge in [-0.15, -0.1) is 0 Å². The Morgan fingerprint density at radius 3 is 2.44 bits per heavy atom. The van der Waals surface area contributed by atoms with E-state index in [0.29, 0.717) is 6.42 Å². The van der Waals surface area contributed by atoms with E-state index < -0.39 is 8.24 Å². The molecule has 0 N–H and O–H groups in total. The van der Waals surface area contributed by atoms with Gasteiger partial charge >= 0.3 is 0 Å². The number of hydrogen-bond donors (Lipinski definition) is 0. The van der Waals surface area contributed by atoms with Crippen molar-refractivity contribution in [1.82, 2.24) is 9.72 Å². The van der Waals surface area contributed by atoms with Crippen LogP contribution in [0.5, 0.6) is 0 Å². The van der Waals surface area contributed by atoms with Gasteiger partial charge in [-0.3, -0.25) is 4.79 Å². The van der Waals surface area contributed by atoms with Crippen molar-refractivity contribution in [2.75, 3.05) is 0 Å². The number of carbonyl (C=O) groups excluding carboxylic acids is 1. The molecule has 1 atom stereocenters. The molecule has 0 aromatic carbocycles. The summed E-state index contributed by atoms with van der Waals surface area (Å²) in [5.74, 6) is 1.08. The zero-order valence-electron chi connectivity index (χ0n) is 12.1. The molecule has 1 unspecified atom stereocenters. The van der Waals surface area contributed by atoms with E-state index in [4.69, 9.17) is 4.52 Å². The zero-order chi connectivity index (χ0) is 13.7. The third-order valence-corrected chi connectivity index (χ3v) is 9.80. The smallest absolute Gasteiger partial charge is 0.217 e. The largest absolute Gasteiger partial charge is 0.359 e. The number of rotatable bonds is 2. The first kappa shape index (κ1) is 13.3. The van der Waals surface area contributed by atoms with Crippen molar-refractivity contribution < 1.29 is 9.32 Å². The molecule has 1 aromatic heterocycles. The van der Waals surface area contributed by atoms with Crippen LogP contribution in [0.4, 0.5) is 0 Å². The Labute approximate surface area is 109 Å². The van der Waals surface area contributed by atoms with Crippen molar-refractivity contribution in [2.45, 2.75) is 58.3 Å². The summed E-state index contributed by atoms with van der Waals surface area (Å²) >= 11 is 0. The highest BCUT2D eigenvalue weighted by atomic mass is 28.3. The van der Waals surface area contributed by atoms with Crippen LogP contribution in [0.15, 0.2) is 10.6 Å². The molecule has 2 rings (SSSR count). The number of aryl methyl sites for hydroxylation is 1. The number of β-lactam (4-membered cyclic amide) rings is 1. The van der Waals surface area contributed by atoms with Gasteiger partial charge in [0.05, 0.1) is 18.2 Å². The molecule has 0 bridgehead atoms. The summed E-state index contributed by atoms with van der Waals surface area (Å²) in [5, 5.41) is 4.07. The van der Waals surface area contributed by atoms with E-state index in [1.165, 1.54) is 0 Å². The van der Waals surface area contributed by atoms with Crippen molar-refractivity contribution in [3.63, 3.8) is 0 Å². The molecule has 0 spiro atoms. The first-order valence-corrected chi connectivity index (χ1v) is 9.34.